The van der Waals surface area contributed by atoms with Gasteiger partial charge < -0.3 is 9.72 Å². The molecule has 0 radical (unpaired) electrons. The van der Waals surface area contributed by atoms with Gasteiger partial charge >= 0.3 is 6.18 Å². The smallest absolute Gasteiger partial charge is 0.355 e. The molecule has 1 amide bonds. The lowest BCUT2D eigenvalue weighted by molar-refractivity contribution is -0.137. The lowest BCUT2D eigenvalue weighted by Gasteiger charge is -2.01. The van der Waals surface area contributed by atoms with Crippen molar-refractivity contribution in [2.24, 2.45) is 0 Å². The number of alkyl halides is 3. The van der Waals surface area contributed by atoms with E-state index in [1.165, 1.54) is 29.8 Å². The molecule has 0 bridgehead atoms. The van der Waals surface area contributed by atoms with Crippen molar-refractivity contribution in [3.63, 3.8) is 0 Å². The summed E-state index contributed by atoms with van der Waals surface area (Å²) in [5.74, 6) is -0.339. The first-order valence-electron chi connectivity index (χ1n) is 4.83. The first-order valence-corrected chi connectivity index (χ1v) is 4.83. The van der Waals surface area contributed by atoms with Crippen molar-refractivity contribution in [1.29, 1.82) is 0 Å². The van der Waals surface area contributed by atoms with E-state index in [-0.39, 0.29) is 5.91 Å². The van der Waals surface area contributed by atoms with Crippen molar-refractivity contribution in [3.8, 4) is 0 Å². The maximum Gasteiger partial charge on any atom is 0.417 e. The first-order chi connectivity index (χ1) is 7.91. The van der Waals surface area contributed by atoms with E-state index in [1.54, 1.807) is 0 Å². The number of amides is 1. The van der Waals surface area contributed by atoms with Crippen LogP contribution in [0.4, 0.5) is 13.2 Å². The van der Waals surface area contributed by atoms with Gasteiger partial charge in [0.05, 0.1) is 11.1 Å². The molecule has 0 unspecified atom stereocenters. The number of nitrogens with one attached hydrogen (secondary N) is 1. The van der Waals surface area contributed by atoms with Crippen LogP contribution in [-0.4, -0.2) is 17.4 Å². The molecule has 2 aromatic heterocycles. The molecule has 6 heteroatoms. The van der Waals surface area contributed by atoms with Crippen molar-refractivity contribution in [2.75, 3.05) is 7.05 Å². The van der Waals surface area contributed by atoms with Gasteiger partial charge in [-0.2, -0.15) is 13.2 Å². The molecule has 0 aliphatic heterocycles. The van der Waals surface area contributed by atoms with Gasteiger partial charge in [-0.15, -0.1) is 0 Å². The molecule has 0 fully saturated rings. The Morgan fingerprint density at radius 2 is 2.00 bits per heavy atom. The monoisotopic (exact) mass is 242 g/mol. The summed E-state index contributed by atoms with van der Waals surface area (Å²) in [5.41, 5.74) is -0.0270. The van der Waals surface area contributed by atoms with E-state index in [0.717, 1.165) is 12.3 Å². The number of aromatic nitrogens is 1. The Balaban J connectivity index is 2.52. The van der Waals surface area contributed by atoms with Crippen LogP contribution < -0.4 is 5.32 Å². The predicted molar refractivity (Wildman–Crippen MR) is 55.8 cm³/mol. The fraction of sp³-hybridized carbons (Fsp3) is 0.182. The van der Waals surface area contributed by atoms with Crippen molar-refractivity contribution >= 4 is 11.4 Å². The lowest BCUT2D eigenvalue weighted by Crippen LogP contribution is -2.18. The van der Waals surface area contributed by atoms with Gasteiger partial charge in [0.25, 0.3) is 5.91 Å². The molecule has 0 saturated carbocycles. The van der Waals surface area contributed by atoms with Gasteiger partial charge in [0.2, 0.25) is 0 Å². The molecule has 1 N–H and O–H groups in total. The highest BCUT2D eigenvalue weighted by molar-refractivity contribution is 5.94. The molecule has 0 aliphatic rings. The fourth-order valence-electron chi connectivity index (χ4n) is 1.54. The summed E-state index contributed by atoms with van der Waals surface area (Å²) < 4.78 is 38.7. The van der Waals surface area contributed by atoms with Crippen LogP contribution in [0.5, 0.6) is 0 Å². The SMILES string of the molecule is CNC(=O)c1ccc2cc(C(F)(F)F)cn2c1. The summed E-state index contributed by atoms with van der Waals surface area (Å²) in [7, 11) is 1.46. The molecule has 3 nitrogen and oxygen atoms in total. The molecule has 17 heavy (non-hydrogen) atoms. The van der Waals surface area contributed by atoms with Crippen molar-refractivity contribution in [1.82, 2.24) is 9.72 Å². The summed E-state index contributed by atoms with van der Waals surface area (Å²) in [6, 6.07) is 3.99. The zero-order valence-electron chi connectivity index (χ0n) is 8.88. The number of pyridine rings is 1. The number of carbonyl (C=O) groups is 1. The average molecular weight is 242 g/mol. The molecule has 0 aromatic carbocycles. The highest BCUT2D eigenvalue weighted by atomic mass is 19.4. The minimum absolute atomic E-state index is 0.310. The van der Waals surface area contributed by atoms with E-state index in [0.29, 0.717) is 11.1 Å². The average Bonchev–Trinajstić information content (AvgIpc) is 2.70. The third-order valence-electron chi connectivity index (χ3n) is 2.41. The van der Waals surface area contributed by atoms with Crippen LogP contribution in [0.3, 0.4) is 0 Å². The number of fused-ring (bicyclic) bond motifs is 1. The van der Waals surface area contributed by atoms with E-state index in [4.69, 9.17) is 0 Å². The molecule has 2 heterocycles. The van der Waals surface area contributed by atoms with Crippen molar-refractivity contribution in [2.45, 2.75) is 6.18 Å². The summed E-state index contributed by atoms with van der Waals surface area (Å²) in [6.07, 6.45) is -2.05. The number of halogens is 3. The van der Waals surface area contributed by atoms with Gasteiger partial charge in [0, 0.05) is 25.0 Å². The molecular formula is C11H9F3N2O. The summed E-state index contributed by atoms with van der Waals surface area (Å²) >= 11 is 0. The van der Waals surface area contributed by atoms with E-state index in [2.05, 4.69) is 5.32 Å². The van der Waals surface area contributed by atoms with Crippen LogP contribution in [0.25, 0.3) is 5.52 Å². The highest BCUT2D eigenvalue weighted by Gasteiger charge is 2.31. The summed E-state index contributed by atoms with van der Waals surface area (Å²) in [5, 5.41) is 2.41. The minimum atomic E-state index is -4.38. The Morgan fingerprint density at radius 1 is 1.29 bits per heavy atom. The molecule has 2 rings (SSSR count). The van der Waals surface area contributed by atoms with Crippen LogP contribution in [-0.2, 0) is 6.18 Å². The predicted octanol–water partition coefficient (Wildman–Crippen LogP) is 2.32. The Labute approximate surface area is 94.9 Å². The van der Waals surface area contributed by atoms with Gasteiger partial charge in [-0.1, -0.05) is 0 Å². The fourth-order valence-corrected chi connectivity index (χ4v) is 1.54. The Hall–Kier alpha value is -1.98. The number of nitrogens with zero attached hydrogens (tertiary/aromatic N) is 1. The second kappa shape index (κ2) is 3.80. The van der Waals surface area contributed by atoms with E-state index in [1.807, 2.05) is 0 Å². The third-order valence-corrected chi connectivity index (χ3v) is 2.41. The maximum atomic E-state index is 12.5. The normalized spacial score (nSPS) is 11.8. The molecule has 0 atom stereocenters. The standard InChI is InChI=1S/C11H9F3N2O/c1-15-10(17)7-2-3-9-4-8(11(12,13)14)6-16(9)5-7/h2-6H,1H3,(H,15,17). The van der Waals surface area contributed by atoms with E-state index < -0.39 is 11.7 Å². The first kappa shape index (κ1) is 11.5. The topological polar surface area (TPSA) is 33.5 Å². The number of rotatable bonds is 1. The molecule has 2 aromatic rings. The zero-order chi connectivity index (χ0) is 12.6. The van der Waals surface area contributed by atoms with Gasteiger partial charge in [-0.25, -0.2) is 0 Å². The summed E-state index contributed by atoms with van der Waals surface area (Å²) in [6.45, 7) is 0. The second-order valence-electron chi connectivity index (χ2n) is 3.56. The van der Waals surface area contributed by atoms with Gasteiger partial charge in [0.1, 0.15) is 0 Å². The van der Waals surface area contributed by atoms with Gasteiger partial charge in [-0.05, 0) is 18.2 Å². The quantitative estimate of drug-likeness (QED) is 0.818. The molecule has 0 spiro atoms. The highest BCUT2D eigenvalue weighted by Crippen LogP contribution is 2.30. The van der Waals surface area contributed by atoms with Crippen LogP contribution in [0.1, 0.15) is 15.9 Å². The van der Waals surface area contributed by atoms with Gasteiger partial charge in [0.15, 0.2) is 0 Å². The number of hydrogen-bond donors (Lipinski definition) is 1. The molecule has 90 valence electrons. The van der Waals surface area contributed by atoms with E-state index >= 15 is 0 Å². The lowest BCUT2D eigenvalue weighted by atomic mass is 10.2. The molecule has 0 aliphatic carbocycles. The number of hydrogen-bond acceptors (Lipinski definition) is 1. The van der Waals surface area contributed by atoms with Crippen molar-refractivity contribution < 1.29 is 18.0 Å². The van der Waals surface area contributed by atoms with Crippen LogP contribution in [0, 0.1) is 0 Å². The maximum absolute atomic E-state index is 12.5. The van der Waals surface area contributed by atoms with Gasteiger partial charge in [-0.3, -0.25) is 4.79 Å². The Morgan fingerprint density at radius 3 is 2.59 bits per heavy atom. The molecule has 0 saturated heterocycles. The largest absolute Gasteiger partial charge is 0.417 e. The number of carbonyl (C=O) groups excluding carboxylic acids is 1. The zero-order valence-corrected chi connectivity index (χ0v) is 8.88. The molecular weight excluding hydrogens is 233 g/mol. The van der Waals surface area contributed by atoms with Crippen LogP contribution in [0.2, 0.25) is 0 Å². The van der Waals surface area contributed by atoms with Crippen LogP contribution in [0.15, 0.2) is 30.6 Å². The second-order valence-corrected chi connectivity index (χ2v) is 3.56. The van der Waals surface area contributed by atoms with E-state index in [9.17, 15) is 18.0 Å². The summed E-state index contributed by atoms with van der Waals surface area (Å²) in [4.78, 5) is 11.3. The van der Waals surface area contributed by atoms with Crippen LogP contribution >= 0.6 is 0 Å². The minimum Gasteiger partial charge on any atom is -0.355 e. The third kappa shape index (κ3) is 2.11. The Bertz CT molecular complexity index is 572. The van der Waals surface area contributed by atoms with Crippen molar-refractivity contribution in [3.05, 3.63) is 41.7 Å². The Kier molecular flexibility index (Phi) is 2.57.